The van der Waals surface area contributed by atoms with Crippen LogP contribution in [-0.4, -0.2) is 44.0 Å². The van der Waals surface area contributed by atoms with Crippen molar-refractivity contribution in [1.29, 1.82) is 0 Å². The van der Waals surface area contributed by atoms with E-state index >= 15 is 0 Å². The normalized spacial score (nSPS) is 9.72. The second-order valence-electron chi connectivity index (χ2n) is 4.03. The predicted octanol–water partition coefficient (Wildman–Crippen LogP) is 0.578. The van der Waals surface area contributed by atoms with Crippen LogP contribution in [0.2, 0.25) is 0 Å². The second kappa shape index (κ2) is 6.64. The summed E-state index contributed by atoms with van der Waals surface area (Å²) in [5.41, 5.74) is 1.07. The van der Waals surface area contributed by atoms with E-state index in [2.05, 4.69) is 5.32 Å². The molecule has 0 aromatic heterocycles. The molecule has 0 atom stereocenters. The lowest BCUT2D eigenvalue weighted by molar-refractivity contribution is -0.136. The lowest BCUT2D eigenvalue weighted by Crippen LogP contribution is -2.39. The van der Waals surface area contributed by atoms with Crippen LogP contribution in [0.3, 0.4) is 0 Å². The van der Waals surface area contributed by atoms with Crippen molar-refractivity contribution in [1.82, 2.24) is 10.2 Å². The third-order valence-electron chi connectivity index (χ3n) is 2.44. The van der Waals surface area contributed by atoms with Crippen molar-refractivity contribution >= 4 is 11.8 Å². The number of rotatable bonds is 5. The molecule has 1 aromatic carbocycles. The minimum Gasteiger partial charge on any atom is -0.484 e. The monoisotopic (exact) mass is 250 g/mol. The van der Waals surface area contributed by atoms with Crippen LogP contribution in [0.5, 0.6) is 5.75 Å². The fraction of sp³-hybridized carbons (Fsp3) is 0.385. The lowest BCUT2D eigenvalue weighted by atomic mass is 10.2. The van der Waals surface area contributed by atoms with Gasteiger partial charge < -0.3 is 15.0 Å². The number of likely N-dealkylation sites (N-methyl/N-ethyl adjacent to an activating group) is 2. The van der Waals surface area contributed by atoms with E-state index in [9.17, 15) is 9.59 Å². The first-order valence-electron chi connectivity index (χ1n) is 5.67. The molecule has 0 radical (unpaired) electrons. The Balaban J connectivity index is 2.43. The molecular weight excluding hydrogens is 232 g/mol. The molecule has 0 aliphatic heterocycles. The molecule has 0 fully saturated rings. The van der Waals surface area contributed by atoms with Crippen molar-refractivity contribution in [3.8, 4) is 5.75 Å². The zero-order chi connectivity index (χ0) is 13.5. The number of hydrogen-bond donors (Lipinski definition) is 1. The molecule has 0 aliphatic carbocycles. The third kappa shape index (κ3) is 4.45. The van der Waals surface area contributed by atoms with Crippen molar-refractivity contribution < 1.29 is 14.3 Å². The fourth-order valence-corrected chi connectivity index (χ4v) is 1.34. The maximum atomic E-state index is 11.7. The Morgan fingerprint density at radius 2 is 2.11 bits per heavy atom. The number of nitrogens with one attached hydrogen (secondary N) is 1. The fourth-order valence-electron chi connectivity index (χ4n) is 1.34. The summed E-state index contributed by atoms with van der Waals surface area (Å²) < 4.78 is 5.36. The van der Waals surface area contributed by atoms with E-state index in [1.807, 2.05) is 25.1 Å². The zero-order valence-corrected chi connectivity index (χ0v) is 10.9. The Bertz CT molecular complexity index is 432. The van der Waals surface area contributed by atoms with Gasteiger partial charge in [-0.05, 0) is 24.6 Å². The van der Waals surface area contributed by atoms with Crippen molar-refractivity contribution in [2.75, 3.05) is 27.2 Å². The highest BCUT2D eigenvalue weighted by Crippen LogP contribution is 2.12. The maximum absolute atomic E-state index is 11.7. The molecule has 2 amide bonds. The Morgan fingerprint density at radius 1 is 1.39 bits per heavy atom. The molecule has 0 aliphatic rings. The van der Waals surface area contributed by atoms with E-state index in [1.165, 1.54) is 11.9 Å². The van der Waals surface area contributed by atoms with Gasteiger partial charge in [0.25, 0.3) is 5.91 Å². The van der Waals surface area contributed by atoms with Crippen LogP contribution in [0, 0.1) is 6.92 Å². The number of carbonyl (C=O) groups is 2. The number of amides is 2. The summed E-state index contributed by atoms with van der Waals surface area (Å²) in [4.78, 5) is 24.1. The average Bonchev–Trinajstić information content (AvgIpc) is 2.35. The quantitative estimate of drug-likeness (QED) is 0.831. The smallest absolute Gasteiger partial charge is 0.260 e. The highest BCUT2D eigenvalue weighted by molar-refractivity contribution is 5.85. The minimum atomic E-state index is -0.236. The van der Waals surface area contributed by atoms with Crippen molar-refractivity contribution in [2.45, 2.75) is 6.92 Å². The Kier molecular flexibility index (Phi) is 5.17. The second-order valence-corrected chi connectivity index (χ2v) is 4.03. The summed E-state index contributed by atoms with van der Waals surface area (Å²) in [6.45, 7) is 1.91. The van der Waals surface area contributed by atoms with E-state index in [4.69, 9.17) is 4.74 Å². The molecule has 1 N–H and O–H groups in total. The van der Waals surface area contributed by atoms with Gasteiger partial charge in [-0.15, -0.1) is 0 Å². The SMILES string of the molecule is CNC(=O)CN(C)C(=O)COc1cccc(C)c1. The molecule has 18 heavy (non-hydrogen) atoms. The van der Waals surface area contributed by atoms with E-state index < -0.39 is 0 Å². The number of hydrogen-bond acceptors (Lipinski definition) is 3. The van der Waals surface area contributed by atoms with Gasteiger partial charge in [0, 0.05) is 14.1 Å². The van der Waals surface area contributed by atoms with Crippen LogP contribution < -0.4 is 10.1 Å². The molecule has 0 spiro atoms. The van der Waals surface area contributed by atoms with Gasteiger partial charge in [0.1, 0.15) is 5.75 Å². The number of nitrogens with zero attached hydrogens (tertiary/aromatic N) is 1. The minimum absolute atomic E-state index is 0.0342. The Morgan fingerprint density at radius 3 is 2.72 bits per heavy atom. The molecule has 0 saturated heterocycles. The highest BCUT2D eigenvalue weighted by atomic mass is 16.5. The topological polar surface area (TPSA) is 58.6 Å². The van der Waals surface area contributed by atoms with Crippen LogP contribution in [0.1, 0.15) is 5.56 Å². The molecule has 5 nitrogen and oxygen atoms in total. The maximum Gasteiger partial charge on any atom is 0.260 e. The van der Waals surface area contributed by atoms with Crippen LogP contribution in [0.4, 0.5) is 0 Å². The molecule has 0 saturated carbocycles. The predicted molar refractivity (Wildman–Crippen MR) is 68.4 cm³/mol. The Hall–Kier alpha value is -2.04. The largest absolute Gasteiger partial charge is 0.484 e. The first-order chi connectivity index (χ1) is 8.52. The molecule has 1 rings (SSSR count). The molecule has 98 valence electrons. The number of ether oxygens (including phenoxy) is 1. The Labute approximate surface area is 107 Å². The first-order valence-corrected chi connectivity index (χ1v) is 5.67. The summed E-state index contributed by atoms with van der Waals surface area (Å²) in [5.74, 6) is 0.207. The third-order valence-corrected chi connectivity index (χ3v) is 2.44. The number of benzene rings is 1. The molecule has 1 aromatic rings. The van der Waals surface area contributed by atoms with Gasteiger partial charge in [0.05, 0.1) is 6.54 Å². The van der Waals surface area contributed by atoms with Crippen molar-refractivity contribution in [3.63, 3.8) is 0 Å². The van der Waals surface area contributed by atoms with Crippen LogP contribution in [0.15, 0.2) is 24.3 Å². The van der Waals surface area contributed by atoms with Gasteiger partial charge in [-0.25, -0.2) is 0 Å². The van der Waals surface area contributed by atoms with Crippen LogP contribution in [-0.2, 0) is 9.59 Å². The summed E-state index contributed by atoms with van der Waals surface area (Å²) in [6, 6.07) is 7.46. The summed E-state index contributed by atoms with van der Waals surface area (Å²) in [6.07, 6.45) is 0. The zero-order valence-electron chi connectivity index (χ0n) is 10.9. The number of carbonyl (C=O) groups excluding carboxylic acids is 2. The van der Waals surface area contributed by atoms with E-state index in [0.29, 0.717) is 5.75 Å². The van der Waals surface area contributed by atoms with E-state index in [-0.39, 0.29) is 25.0 Å². The van der Waals surface area contributed by atoms with Crippen molar-refractivity contribution in [2.24, 2.45) is 0 Å². The molecule has 0 heterocycles. The number of aryl methyl sites for hydroxylation is 1. The van der Waals surface area contributed by atoms with Gasteiger partial charge in [-0.3, -0.25) is 9.59 Å². The van der Waals surface area contributed by atoms with Gasteiger partial charge >= 0.3 is 0 Å². The summed E-state index contributed by atoms with van der Waals surface area (Å²) in [7, 11) is 3.10. The van der Waals surface area contributed by atoms with E-state index in [1.54, 1.807) is 13.1 Å². The summed E-state index contributed by atoms with van der Waals surface area (Å²) in [5, 5.41) is 2.46. The summed E-state index contributed by atoms with van der Waals surface area (Å²) >= 11 is 0. The molecular formula is C13H18N2O3. The van der Waals surface area contributed by atoms with Crippen molar-refractivity contribution in [3.05, 3.63) is 29.8 Å². The average molecular weight is 250 g/mol. The van der Waals surface area contributed by atoms with Gasteiger partial charge in [-0.2, -0.15) is 0 Å². The van der Waals surface area contributed by atoms with Gasteiger partial charge in [0.15, 0.2) is 6.61 Å². The van der Waals surface area contributed by atoms with Gasteiger partial charge in [-0.1, -0.05) is 12.1 Å². The van der Waals surface area contributed by atoms with Gasteiger partial charge in [0.2, 0.25) is 5.91 Å². The standard InChI is InChI=1S/C13H18N2O3/c1-10-5-4-6-11(7-10)18-9-13(17)15(3)8-12(16)14-2/h4-7H,8-9H2,1-3H3,(H,14,16). The highest BCUT2D eigenvalue weighted by Gasteiger charge is 2.12. The van der Waals surface area contributed by atoms with Crippen LogP contribution in [0.25, 0.3) is 0 Å². The lowest BCUT2D eigenvalue weighted by Gasteiger charge is -2.16. The van der Waals surface area contributed by atoms with E-state index in [0.717, 1.165) is 5.56 Å². The molecule has 0 bridgehead atoms. The van der Waals surface area contributed by atoms with Crippen LogP contribution >= 0.6 is 0 Å². The molecule has 5 heteroatoms. The first kappa shape index (κ1) is 14.0. The molecule has 0 unspecified atom stereocenters.